The van der Waals surface area contributed by atoms with Crippen molar-refractivity contribution in [3.05, 3.63) is 23.8 Å². The number of hydrogen-bond donors (Lipinski definition) is 1. The molecule has 1 aliphatic rings. The van der Waals surface area contributed by atoms with E-state index in [1.54, 1.807) is 12.3 Å². The van der Waals surface area contributed by atoms with E-state index < -0.39 is 0 Å². The van der Waals surface area contributed by atoms with Gasteiger partial charge in [0.2, 0.25) is 0 Å². The number of hydrogen-bond acceptors (Lipinski definition) is 4. The topological polar surface area (TPSA) is 74.6 Å². The van der Waals surface area contributed by atoms with Crippen LogP contribution in [0.4, 0.5) is 0 Å². The summed E-state index contributed by atoms with van der Waals surface area (Å²) in [6.07, 6.45) is 2.75. The van der Waals surface area contributed by atoms with Crippen molar-refractivity contribution in [2.75, 3.05) is 13.2 Å². The van der Waals surface area contributed by atoms with Crippen molar-refractivity contribution in [2.24, 2.45) is 5.92 Å². The second kappa shape index (κ2) is 4.39. The molecule has 5 heteroatoms. The van der Waals surface area contributed by atoms with Gasteiger partial charge >= 0.3 is 0 Å². The van der Waals surface area contributed by atoms with Crippen molar-refractivity contribution in [3.8, 4) is 6.07 Å². The van der Waals surface area contributed by atoms with Crippen LogP contribution < -0.4 is 0 Å². The zero-order valence-corrected chi connectivity index (χ0v) is 10.2. The van der Waals surface area contributed by atoms with E-state index in [1.165, 1.54) is 0 Å². The van der Waals surface area contributed by atoms with Crippen LogP contribution in [-0.2, 0) is 4.74 Å². The van der Waals surface area contributed by atoms with Crippen molar-refractivity contribution >= 4 is 11.0 Å². The second-order valence-corrected chi connectivity index (χ2v) is 4.77. The van der Waals surface area contributed by atoms with Gasteiger partial charge in [0.1, 0.15) is 23.2 Å². The maximum atomic E-state index is 8.85. The van der Waals surface area contributed by atoms with Gasteiger partial charge in [-0.25, -0.2) is 9.97 Å². The molecule has 0 spiro atoms. The van der Waals surface area contributed by atoms with Crippen molar-refractivity contribution in [1.82, 2.24) is 15.0 Å². The Morgan fingerprint density at radius 2 is 2.44 bits per heavy atom. The van der Waals surface area contributed by atoms with Gasteiger partial charge in [-0.3, -0.25) is 0 Å². The molecule has 3 heterocycles. The van der Waals surface area contributed by atoms with Crippen LogP contribution in [-0.4, -0.2) is 28.2 Å². The first kappa shape index (κ1) is 11.2. The largest absolute Gasteiger partial charge is 0.381 e. The average molecular weight is 242 g/mol. The standard InChI is InChI=1S/C13H14N4O/c1-8-7-18-3-2-11(8)13-15-6-9-4-10(5-14)16-12(9)17-13/h4,6,8,11H,2-3,7H2,1H3,(H,15,16,17)/t8-,11-/m1/s1. The summed E-state index contributed by atoms with van der Waals surface area (Å²) in [7, 11) is 0. The molecule has 0 radical (unpaired) electrons. The smallest absolute Gasteiger partial charge is 0.142 e. The molecule has 0 aromatic carbocycles. The Balaban J connectivity index is 1.99. The summed E-state index contributed by atoms with van der Waals surface area (Å²) in [4.78, 5) is 12.0. The lowest BCUT2D eigenvalue weighted by molar-refractivity contribution is 0.0453. The van der Waals surface area contributed by atoms with E-state index >= 15 is 0 Å². The van der Waals surface area contributed by atoms with Crippen LogP contribution in [0.3, 0.4) is 0 Å². The molecule has 5 nitrogen and oxygen atoms in total. The molecule has 2 aromatic heterocycles. The molecular formula is C13H14N4O. The van der Waals surface area contributed by atoms with Crippen molar-refractivity contribution in [2.45, 2.75) is 19.3 Å². The van der Waals surface area contributed by atoms with Gasteiger partial charge in [-0.05, 0) is 18.4 Å². The number of fused-ring (bicyclic) bond motifs is 1. The predicted octanol–water partition coefficient (Wildman–Crippen LogP) is 1.97. The summed E-state index contributed by atoms with van der Waals surface area (Å²) in [5, 5.41) is 9.74. The fourth-order valence-electron chi connectivity index (χ4n) is 2.43. The molecule has 92 valence electrons. The van der Waals surface area contributed by atoms with Crippen molar-refractivity contribution in [3.63, 3.8) is 0 Å². The third kappa shape index (κ3) is 1.85. The molecule has 0 unspecified atom stereocenters. The van der Waals surface area contributed by atoms with E-state index in [0.29, 0.717) is 17.5 Å². The Morgan fingerprint density at radius 3 is 3.22 bits per heavy atom. The van der Waals surface area contributed by atoms with E-state index in [1.807, 2.05) is 0 Å². The summed E-state index contributed by atoms with van der Waals surface area (Å²) < 4.78 is 5.44. The van der Waals surface area contributed by atoms with Gasteiger partial charge in [0.25, 0.3) is 0 Å². The van der Waals surface area contributed by atoms with Gasteiger partial charge in [0.15, 0.2) is 0 Å². The number of nitriles is 1. The minimum absolute atomic E-state index is 0.344. The van der Waals surface area contributed by atoms with E-state index in [4.69, 9.17) is 10.00 Å². The lowest BCUT2D eigenvalue weighted by atomic mass is 9.89. The zero-order chi connectivity index (χ0) is 12.5. The van der Waals surface area contributed by atoms with Crippen LogP contribution in [0.25, 0.3) is 11.0 Å². The highest BCUT2D eigenvalue weighted by molar-refractivity contribution is 5.76. The van der Waals surface area contributed by atoms with E-state index in [2.05, 4.69) is 27.9 Å². The minimum Gasteiger partial charge on any atom is -0.381 e. The molecule has 0 aliphatic carbocycles. The maximum absolute atomic E-state index is 8.85. The van der Waals surface area contributed by atoms with Crippen molar-refractivity contribution in [1.29, 1.82) is 5.26 Å². The van der Waals surface area contributed by atoms with Crippen LogP contribution in [0.2, 0.25) is 0 Å². The lowest BCUT2D eigenvalue weighted by Crippen LogP contribution is -2.25. The molecule has 2 atom stereocenters. The fourth-order valence-corrected chi connectivity index (χ4v) is 2.43. The first-order chi connectivity index (χ1) is 8.78. The molecule has 18 heavy (non-hydrogen) atoms. The number of aromatic amines is 1. The summed E-state index contributed by atoms with van der Waals surface area (Å²) in [6, 6.07) is 3.85. The number of rotatable bonds is 1. The highest BCUT2D eigenvalue weighted by atomic mass is 16.5. The normalized spacial score (nSPS) is 24.0. The van der Waals surface area contributed by atoms with Crippen LogP contribution in [0.5, 0.6) is 0 Å². The molecule has 1 saturated heterocycles. The van der Waals surface area contributed by atoms with Crippen LogP contribution in [0.15, 0.2) is 12.3 Å². The van der Waals surface area contributed by atoms with E-state index in [0.717, 1.165) is 36.5 Å². The highest BCUT2D eigenvalue weighted by Crippen LogP contribution is 2.29. The van der Waals surface area contributed by atoms with Gasteiger partial charge in [0, 0.05) is 30.7 Å². The number of aromatic nitrogens is 3. The molecule has 2 aromatic rings. The van der Waals surface area contributed by atoms with E-state index in [-0.39, 0.29) is 0 Å². The van der Waals surface area contributed by atoms with Crippen LogP contribution in [0, 0.1) is 17.2 Å². The van der Waals surface area contributed by atoms with Gasteiger partial charge in [-0.15, -0.1) is 0 Å². The Morgan fingerprint density at radius 1 is 1.56 bits per heavy atom. The van der Waals surface area contributed by atoms with Crippen molar-refractivity contribution < 1.29 is 4.74 Å². The summed E-state index contributed by atoms with van der Waals surface area (Å²) in [5.41, 5.74) is 1.27. The maximum Gasteiger partial charge on any atom is 0.142 e. The molecule has 0 saturated carbocycles. The first-order valence-corrected chi connectivity index (χ1v) is 6.11. The summed E-state index contributed by atoms with van der Waals surface area (Å²) in [6.45, 7) is 3.69. The zero-order valence-electron chi connectivity index (χ0n) is 10.2. The Bertz CT molecular complexity index is 613. The Hall–Kier alpha value is -1.93. The van der Waals surface area contributed by atoms with Gasteiger partial charge in [-0.1, -0.05) is 6.92 Å². The van der Waals surface area contributed by atoms with Gasteiger partial charge in [0.05, 0.1) is 0 Å². The molecule has 1 fully saturated rings. The predicted molar refractivity (Wildman–Crippen MR) is 65.9 cm³/mol. The highest BCUT2D eigenvalue weighted by Gasteiger charge is 2.26. The SMILES string of the molecule is C[C@@H]1COCC[C@H]1c1ncc2cc(C#N)[nH]c2n1. The Kier molecular flexibility index (Phi) is 2.73. The van der Waals surface area contributed by atoms with E-state index in [9.17, 15) is 0 Å². The lowest BCUT2D eigenvalue weighted by Gasteiger charge is -2.27. The summed E-state index contributed by atoms with van der Waals surface area (Å²) >= 11 is 0. The quantitative estimate of drug-likeness (QED) is 0.829. The second-order valence-electron chi connectivity index (χ2n) is 4.77. The number of nitrogens with zero attached hydrogens (tertiary/aromatic N) is 3. The van der Waals surface area contributed by atoms with Crippen LogP contribution >= 0.6 is 0 Å². The third-order valence-electron chi connectivity index (χ3n) is 3.48. The average Bonchev–Trinajstić information content (AvgIpc) is 2.81. The monoisotopic (exact) mass is 242 g/mol. The molecule has 0 amide bonds. The first-order valence-electron chi connectivity index (χ1n) is 6.11. The van der Waals surface area contributed by atoms with Gasteiger partial charge < -0.3 is 9.72 Å². The van der Waals surface area contributed by atoms with Gasteiger partial charge in [-0.2, -0.15) is 5.26 Å². The fraction of sp³-hybridized carbons (Fsp3) is 0.462. The molecule has 0 bridgehead atoms. The summed E-state index contributed by atoms with van der Waals surface area (Å²) in [5.74, 6) is 1.63. The molecular weight excluding hydrogens is 228 g/mol. The number of H-pyrrole nitrogens is 1. The minimum atomic E-state index is 0.344. The number of nitrogens with one attached hydrogen (secondary N) is 1. The molecule has 3 rings (SSSR count). The van der Waals surface area contributed by atoms with Crippen LogP contribution in [0.1, 0.15) is 30.8 Å². The number of ether oxygens (including phenoxy) is 1. The third-order valence-corrected chi connectivity index (χ3v) is 3.48. The molecule has 1 aliphatic heterocycles. The molecule has 1 N–H and O–H groups in total. The Labute approximate surface area is 105 Å².